The van der Waals surface area contributed by atoms with Crippen LogP contribution in [0.2, 0.25) is 19.6 Å². The Balaban J connectivity index is 2.56. The average Bonchev–Trinajstić information content (AvgIpc) is 2.59. The maximum atomic E-state index is 14.1. The Morgan fingerprint density at radius 3 is 2.65 bits per heavy atom. The van der Waals surface area contributed by atoms with Crippen LogP contribution in [0.5, 0.6) is 0 Å². The largest absolute Gasteiger partial charge is 0.268 e. The van der Waals surface area contributed by atoms with Crippen LogP contribution in [-0.4, -0.2) is 17.9 Å². The van der Waals surface area contributed by atoms with E-state index in [9.17, 15) is 4.39 Å². The molecule has 2 aromatic rings. The number of hydrogen-bond acceptors (Lipinski definition) is 1. The normalized spacial score (nSPS) is 11.4. The van der Waals surface area contributed by atoms with Crippen molar-refractivity contribution < 1.29 is 4.39 Å². The molecule has 2 nitrogen and oxygen atoms in total. The number of hydrogen-bond donors (Lipinski definition) is 0. The zero-order valence-electron chi connectivity index (χ0n) is 10.5. The van der Waals surface area contributed by atoms with Gasteiger partial charge in [-0.15, -0.1) is 5.54 Å². The lowest BCUT2D eigenvalue weighted by molar-refractivity contribution is 0.636. The van der Waals surface area contributed by atoms with Gasteiger partial charge in [-0.1, -0.05) is 25.6 Å². The monoisotopic (exact) mass is 246 g/mol. The molecule has 1 aromatic heterocycles. The van der Waals surface area contributed by atoms with Crippen molar-refractivity contribution in [1.82, 2.24) is 9.78 Å². The topological polar surface area (TPSA) is 17.8 Å². The lowest BCUT2D eigenvalue weighted by Crippen LogP contribution is -2.16. The van der Waals surface area contributed by atoms with Crippen molar-refractivity contribution in [3.05, 3.63) is 29.7 Å². The minimum atomic E-state index is -1.47. The number of rotatable bonds is 0. The fourth-order valence-corrected chi connectivity index (χ4v) is 2.06. The molecule has 0 saturated carbocycles. The molecule has 0 aliphatic heterocycles. The van der Waals surface area contributed by atoms with Gasteiger partial charge in [0.05, 0.1) is 22.7 Å². The van der Waals surface area contributed by atoms with Gasteiger partial charge in [0.15, 0.2) is 0 Å². The molecule has 4 heteroatoms. The van der Waals surface area contributed by atoms with Crippen molar-refractivity contribution in [2.24, 2.45) is 7.05 Å². The van der Waals surface area contributed by atoms with Crippen molar-refractivity contribution in [2.75, 3.05) is 0 Å². The third-order valence-electron chi connectivity index (χ3n) is 2.44. The van der Waals surface area contributed by atoms with Crippen LogP contribution < -0.4 is 0 Å². The van der Waals surface area contributed by atoms with Gasteiger partial charge in [0, 0.05) is 7.05 Å². The van der Waals surface area contributed by atoms with E-state index in [1.54, 1.807) is 24.0 Å². The molecule has 0 spiro atoms. The molecule has 0 fully saturated rings. The van der Waals surface area contributed by atoms with Gasteiger partial charge in [0.1, 0.15) is 13.9 Å². The highest BCUT2D eigenvalue weighted by atomic mass is 28.3. The lowest BCUT2D eigenvalue weighted by atomic mass is 10.1. The number of fused-ring (bicyclic) bond motifs is 1. The van der Waals surface area contributed by atoms with Gasteiger partial charge in [0.25, 0.3) is 0 Å². The maximum absolute atomic E-state index is 14.1. The molecule has 0 bridgehead atoms. The summed E-state index contributed by atoms with van der Waals surface area (Å²) in [6.45, 7) is 6.42. The van der Waals surface area contributed by atoms with Gasteiger partial charge in [-0.25, -0.2) is 4.39 Å². The summed E-state index contributed by atoms with van der Waals surface area (Å²) in [5, 5.41) is 4.58. The Hall–Kier alpha value is -1.60. The van der Waals surface area contributed by atoms with Crippen LogP contribution in [-0.2, 0) is 7.05 Å². The predicted molar refractivity (Wildman–Crippen MR) is 70.9 cm³/mol. The van der Waals surface area contributed by atoms with E-state index in [1.807, 2.05) is 6.07 Å². The van der Waals surface area contributed by atoms with Crippen molar-refractivity contribution >= 4 is 19.0 Å². The fourth-order valence-electron chi connectivity index (χ4n) is 1.55. The summed E-state index contributed by atoms with van der Waals surface area (Å²) in [5.41, 5.74) is 4.43. The van der Waals surface area contributed by atoms with E-state index < -0.39 is 8.07 Å². The van der Waals surface area contributed by atoms with E-state index >= 15 is 0 Å². The summed E-state index contributed by atoms with van der Waals surface area (Å²) < 4.78 is 15.8. The summed E-state index contributed by atoms with van der Waals surface area (Å²) in [6, 6.07) is 3.59. The predicted octanol–water partition coefficient (Wildman–Crippen LogP) is 2.94. The second kappa shape index (κ2) is 4.01. The number of aryl methyl sites for hydroxylation is 1. The smallest absolute Gasteiger partial charge is 0.149 e. The molecular formula is C13H15FN2Si. The molecule has 1 aromatic carbocycles. The molecule has 0 N–H and O–H groups in total. The Labute approximate surface area is 101 Å². The number of benzene rings is 1. The molecule has 0 atom stereocenters. The van der Waals surface area contributed by atoms with E-state index in [2.05, 4.69) is 36.2 Å². The van der Waals surface area contributed by atoms with Gasteiger partial charge < -0.3 is 0 Å². The molecule has 2 rings (SSSR count). The van der Waals surface area contributed by atoms with Crippen molar-refractivity contribution in [3.63, 3.8) is 0 Å². The Morgan fingerprint density at radius 1 is 1.29 bits per heavy atom. The van der Waals surface area contributed by atoms with Crippen LogP contribution in [0.3, 0.4) is 0 Å². The summed E-state index contributed by atoms with van der Waals surface area (Å²) in [5.74, 6) is 2.69. The Morgan fingerprint density at radius 2 is 2.00 bits per heavy atom. The van der Waals surface area contributed by atoms with Crippen LogP contribution in [0, 0.1) is 17.3 Å². The standard InChI is InChI=1S/C13H15FN2Si/c1-16-12-6-5-10(7-8-17(2,3)4)13(14)11(12)9-15-16/h5-6,9H,1-4H3. The lowest BCUT2D eigenvalue weighted by Gasteiger charge is -2.04. The molecule has 0 unspecified atom stereocenters. The van der Waals surface area contributed by atoms with Crippen LogP contribution in [0.1, 0.15) is 5.56 Å². The summed E-state index contributed by atoms with van der Waals surface area (Å²) in [4.78, 5) is 0. The number of nitrogens with zero attached hydrogens (tertiary/aromatic N) is 2. The SMILES string of the molecule is Cn1ncc2c(F)c(C#C[Si](C)(C)C)ccc21. The van der Waals surface area contributed by atoms with Crippen molar-refractivity contribution in [1.29, 1.82) is 0 Å². The molecule has 0 aliphatic carbocycles. The number of aromatic nitrogens is 2. The van der Waals surface area contributed by atoms with Crippen LogP contribution in [0.15, 0.2) is 18.3 Å². The Kier molecular flexibility index (Phi) is 2.80. The van der Waals surface area contributed by atoms with E-state index in [4.69, 9.17) is 0 Å². The van der Waals surface area contributed by atoms with Crippen molar-refractivity contribution in [3.8, 4) is 11.5 Å². The molecular weight excluding hydrogens is 231 g/mol. The third-order valence-corrected chi connectivity index (χ3v) is 3.31. The minimum absolute atomic E-state index is 0.263. The van der Waals surface area contributed by atoms with Crippen LogP contribution in [0.25, 0.3) is 10.9 Å². The van der Waals surface area contributed by atoms with Gasteiger partial charge in [0.2, 0.25) is 0 Å². The highest BCUT2D eigenvalue weighted by Gasteiger charge is 2.11. The first-order chi connectivity index (χ1) is 7.88. The summed E-state index contributed by atoms with van der Waals surface area (Å²) in [6.07, 6.45) is 1.55. The van der Waals surface area contributed by atoms with E-state index in [1.165, 1.54) is 0 Å². The van der Waals surface area contributed by atoms with E-state index in [0.29, 0.717) is 10.9 Å². The van der Waals surface area contributed by atoms with Gasteiger partial charge in [-0.05, 0) is 12.1 Å². The molecule has 17 heavy (non-hydrogen) atoms. The molecule has 1 heterocycles. The molecule has 0 aliphatic rings. The van der Waals surface area contributed by atoms with E-state index in [-0.39, 0.29) is 5.82 Å². The molecule has 0 radical (unpaired) electrons. The second-order valence-corrected chi connectivity index (χ2v) is 9.88. The third kappa shape index (κ3) is 2.39. The second-order valence-electron chi connectivity index (χ2n) is 5.13. The fraction of sp³-hybridized carbons (Fsp3) is 0.308. The first kappa shape index (κ1) is 11.9. The Bertz CT molecular complexity index is 626. The quantitative estimate of drug-likeness (QED) is 0.516. The molecule has 0 amide bonds. The van der Waals surface area contributed by atoms with Crippen molar-refractivity contribution in [2.45, 2.75) is 19.6 Å². The first-order valence-corrected chi connectivity index (χ1v) is 9.02. The average molecular weight is 246 g/mol. The molecule has 0 saturated heterocycles. The van der Waals surface area contributed by atoms with Gasteiger partial charge >= 0.3 is 0 Å². The van der Waals surface area contributed by atoms with E-state index in [0.717, 1.165) is 5.52 Å². The summed E-state index contributed by atoms with van der Waals surface area (Å²) >= 11 is 0. The zero-order chi connectivity index (χ0) is 12.6. The van der Waals surface area contributed by atoms with Gasteiger partial charge in [-0.2, -0.15) is 5.10 Å². The zero-order valence-corrected chi connectivity index (χ0v) is 11.5. The first-order valence-electron chi connectivity index (χ1n) is 5.52. The highest BCUT2D eigenvalue weighted by Crippen LogP contribution is 2.19. The van der Waals surface area contributed by atoms with Gasteiger partial charge in [-0.3, -0.25) is 4.68 Å². The minimum Gasteiger partial charge on any atom is -0.268 e. The highest BCUT2D eigenvalue weighted by molar-refractivity contribution is 6.83. The van der Waals surface area contributed by atoms with Crippen LogP contribution in [0.4, 0.5) is 4.39 Å². The molecule has 88 valence electrons. The maximum Gasteiger partial charge on any atom is 0.149 e. The van der Waals surface area contributed by atoms with Crippen LogP contribution >= 0.6 is 0 Å². The number of halogens is 1. The summed E-state index contributed by atoms with van der Waals surface area (Å²) in [7, 11) is 0.327.